The summed E-state index contributed by atoms with van der Waals surface area (Å²) >= 11 is 0. The highest BCUT2D eigenvalue weighted by atomic mass is 16.5. The van der Waals surface area contributed by atoms with Gasteiger partial charge in [0, 0.05) is 12.6 Å². The Morgan fingerprint density at radius 1 is 1.05 bits per heavy atom. The van der Waals surface area contributed by atoms with Crippen molar-refractivity contribution in [3.8, 4) is 5.75 Å². The summed E-state index contributed by atoms with van der Waals surface area (Å²) in [6.45, 7) is 2.83. The van der Waals surface area contributed by atoms with Crippen LogP contribution in [0.25, 0.3) is 0 Å². The Labute approximate surface area is 126 Å². The Balaban J connectivity index is 2.00. The summed E-state index contributed by atoms with van der Waals surface area (Å²) in [4.78, 5) is 2.15. The van der Waals surface area contributed by atoms with Gasteiger partial charge in [0.15, 0.2) is 0 Å². The number of likely N-dealkylation sites (N-methyl/N-ethyl adjacent to an activating group) is 1. The molecule has 0 bridgehead atoms. The SMILES string of the molecule is COc1ccc(CN(C)C(C)C(O)c2ccccc2)cc1. The first-order chi connectivity index (χ1) is 10.1. The van der Waals surface area contributed by atoms with Crippen LogP contribution in [0.5, 0.6) is 5.75 Å². The highest BCUT2D eigenvalue weighted by molar-refractivity contribution is 5.27. The van der Waals surface area contributed by atoms with E-state index in [2.05, 4.69) is 17.0 Å². The fourth-order valence-electron chi connectivity index (χ4n) is 2.33. The minimum Gasteiger partial charge on any atom is -0.497 e. The van der Waals surface area contributed by atoms with E-state index in [-0.39, 0.29) is 6.04 Å². The Bertz CT molecular complexity index is 539. The second kappa shape index (κ2) is 7.25. The van der Waals surface area contributed by atoms with Crippen molar-refractivity contribution >= 4 is 0 Å². The van der Waals surface area contributed by atoms with E-state index >= 15 is 0 Å². The van der Waals surface area contributed by atoms with Crippen molar-refractivity contribution in [2.24, 2.45) is 0 Å². The van der Waals surface area contributed by atoms with Crippen LogP contribution < -0.4 is 4.74 Å². The van der Waals surface area contributed by atoms with Gasteiger partial charge in [-0.25, -0.2) is 0 Å². The summed E-state index contributed by atoms with van der Waals surface area (Å²) in [6, 6.07) is 17.8. The number of aliphatic hydroxyl groups excluding tert-OH is 1. The molecule has 0 saturated heterocycles. The van der Waals surface area contributed by atoms with Crippen molar-refractivity contribution in [3.63, 3.8) is 0 Å². The molecule has 0 aromatic heterocycles. The maximum atomic E-state index is 10.5. The van der Waals surface area contributed by atoms with Crippen LogP contribution in [-0.2, 0) is 6.54 Å². The predicted molar refractivity (Wildman–Crippen MR) is 85.3 cm³/mol. The Kier molecular flexibility index (Phi) is 5.37. The molecular weight excluding hydrogens is 262 g/mol. The van der Waals surface area contributed by atoms with Crippen molar-refractivity contribution in [2.75, 3.05) is 14.2 Å². The van der Waals surface area contributed by atoms with E-state index in [1.807, 2.05) is 56.4 Å². The van der Waals surface area contributed by atoms with Gasteiger partial charge in [-0.15, -0.1) is 0 Å². The van der Waals surface area contributed by atoms with Crippen LogP contribution in [0.2, 0.25) is 0 Å². The molecule has 0 saturated carbocycles. The van der Waals surface area contributed by atoms with Crippen LogP contribution in [0.3, 0.4) is 0 Å². The van der Waals surface area contributed by atoms with Crippen molar-refractivity contribution in [3.05, 3.63) is 65.7 Å². The number of ether oxygens (including phenoxy) is 1. The standard InChI is InChI=1S/C18H23NO2/c1-14(18(20)16-7-5-4-6-8-16)19(2)13-15-9-11-17(21-3)12-10-15/h4-12,14,18,20H,13H2,1-3H3. The molecule has 2 aromatic carbocycles. The van der Waals surface area contributed by atoms with Gasteiger partial charge in [0.2, 0.25) is 0 Å². The summed E-state index contributed by atoms with van der Waals surface area (Å²) in [5.74, 6) is 0.860. The summed E-state index contributed by atoms with van der Waals surface area (Å²) < 4.78 is 5.16. The van der Waals surface area contributed by atoms with Crippen LogP contribution >= 0.6 is 0 Å². The number of benzene rings is 2. The predicted octanol–water partition coefficient (Wildman–Crippen LogP) is 3.25. The topological polar surface area (TPSA) is 32.7 Å². The molecule has 0 aliphatic heterocycles. The molecule has 0 radical (unpaired) electrons. The summed E-state index contributed by atoms with van der Waals surface area (Å²) in [6.07, 6.45) is -0.491. The Hall–Kier alpha value is -1.84. The van der Waals surface area contributed by atoms with Gasteiger partial charge in [0.1, 0.15) is 5.75 Å². The quantitative estimate of drug-likeness (QED) is 0.884. The van der Waals surface area contributed by atoms with E-state index in [0.717, 1.165) is 17.9 Å². The molecule has 2 aromatic rings. The number of rotatable bonds is 6. The van der Waals surface area contributed by atoms with E-state index in [1.165, 1.54) is 5.56 Å². The maximum absolute atomic E-state index is 10.5. The molecule has 3 heteroatoms. The largest absolute Gasteiger partial charge is 0.497 e. The van der Waals surface area contributed by atoms with Gasteiger partial charge in [-0.05, 0) is 37.2 Å². The van der Waals surface area contributed by atoms with Gasteiger partial charge in [-0.3, -0.25) is 4.90 Å². The van der Waals surface area contributed by atoms with E-state index in [9.17, 15) is 5.11 Å². The van der Waals surface area contributed by atoms with Crippen molar-refractivity contribution in [1.82, 2.24) is 4.90 Å². The number of aliphatic hydroxyl groups is 1. The normalized spacial score (nSPS) is 14.0. The van der Waals surface area contributed by atoms with E-state index in [0.29, 0.717) is 0 Å². The van der Waals surface area contributed by atoms with Crippen molar-refractivity contribution in [1.29, 1.82) is 0 Å². The monoisotopic (exact) mass is 285 g/mol. The average molecular weight is 285 g/mol. The van der Waals surface area contributed by atoms with Gasteiger partial charge >= 0.3 is 0 Å². The lowest BCUT2D eigenvalue weighted by Gasteiger charge is -2.29. The van der Waals surface area contributed by atoms with Gasteiger partial charge in [-0.1, -0.05) is 42.5 Å². The van der Waals surface area contributed by atoms with E-state index < -0.39 is 6.10 Å². The molecule has 0 spiro atoms. The Morgan fingerprint density at radius 3 is 2.24 bits per heavy atom. The molecule has 0 aliphatic carbocycles. The first-order valence-corrected chi connectivity index (χ1v) is 7.18. The van der Waals surface area contributed by atoms with Crippen LogP contribution in [-0.4, -0.2) is 30.2 Å². The maximum Gasteiger partial charge on any atom is 0.118 e. The lowest BCUT2D eigenvalue weighted by molar-refractivity contribution is 0.0688. The molecule has 112 valence electrons. The smallest absolute Gasteiger partial charge is 0.118 e. The summed E-state index contributed by atoms with van der Waals surface area (Å²) in [7, 11) is 3.69. The third-order valence-electron chi connectivity index (χ3n) is 3.88. The number of hydrogen-bond donors (Lipinski definition) is 1. The molecule has 21 heavy (non-hydrogen) atoms. The van der Waals surface area contributed by atoms with Crippen LogP contribution in [0, 0.1) is 0 Å². The number of hydrogen-bond acceptors (Lipinski definition) is 3. The second-order valence-electron chi connectivity index (χ2n) is 5.36. The zero-order chi connectivity index (χ0) is 15.2. The first kappa shape index (κ1) is 15.5. The lowest BCUT2D eigenvalue weighted by atomic mass is 10.0. The number of methoxy groups -OCH3 is 1. The van der Waals surface area contributed by atoms with Crippen molar-refractivity contribution in [2.45, 2.75) is 25.6 Å². The number of nitrogens with zero attached hydrogens (tertiary/aromatic N) is 1. The Morgan fingerprint density at radius 2 is 1.67 bits per heavy atom. The first-order valence-electron chi connectivity index (χ1n) is 7.18. The fourth-order valence-corrected chi connectivity index (χ4v) is 2.33. The van der Waals surface area contributed by atoms with Crippen LogP contribution in [0.1, 0.15) is 24.2 Å². The lowest BCUT2D eigenvalue weighted by Crippen LogP contribution is -2.33. The average Bonchev–Trinajstić information content (AvgIpc) is 2.55. The molecule has 2 rings (SSSR count). The summed E-state index contributed by atoms with van der Waals surface area (Å²) in [5.41, 5.74) is 2.15. The molecule has 3 nitrogen and oxygen atoms in total. The molecule has 0 fully saturated rings. The highest BCUT2D eigenvalue weighted by Crippen LogP contribution is 2.21. The minimum atomic E-state index is -0.491. The molecule has 2 unspecified atom stereocenters. The van der Waals surface area contributed by atoms with E-state index in [4.69, 9.17) is 4.74 Å². The van der Waals surface area contributed by atoms with Gasteiger partial charge < -0.3 is 9.84 Å². The molecule has 2 atom stereocenters. The van der Waals surface area contributed by atoms with Gasteiger partial charge in [-0.2, -0.15) is 0 Å². The van der Waals surface area contributed by atoms with Crippen LogP contribution in [0.15, 0.2) is 54.6 Å². The summed E-state index contributed by atoms with van der Waals surface area (Å²) in [5, 5.41) is 10.5. The molecule has 0 aliphatic rings. The molecular formula is C18H23NO2. The third kappa shape index (κ3) is 4.06. The minimum absolute atomic E-state index is 0.0366. The van der Waals surface area contributed by atoms with Crippen LogP contribution in [0.4, 0.5) is 0 Å². The molecule has 1 N–H and O–H groups in total. The molecule has 0 heterocycles. The van der Waals surface area contributed by atoms with Crippen molar-refractivity contribution < 1.29 is 9.84 Å². The molecule has 0 amide bonds. The zero-order valence-corrected chi connectivity index (χ0v) is 12.9. The van der Waals surface area contributed by atoms with E-state index in [1.54, 1.807) is 7.11 Å². The zero-order valence-electron chi connectivity index (χ0n) is 12.9. The third-order valence-corrected chi connectivity index (χ3v) is 3.88. The fraction of sp³-hybridized carbons (Fsp3) is 0.333. The second-order valence-corrected chi connectivity index (χ2v) is 5.36. The van der Waals surface area contributed by atoms with Gasteiger partial charge in [0.05, 0.1) is 13.2 Å². The van der Waals surface area contributed by atoms with Gasteiger partial charge in [0.25, 0.3) is 0 Å². The highest BCUT2D eigenvalue weighted by Gasteiger charge is 2.20.